The van der Waals surface area contributed by atoms with Crippen molar-refractivity contribution in [2.45, 2.75) is 37.7 Å². The topological polar surface area (TPSA) is 38.7 Å². The fourth-order valence-corrected chi connectivity index (χ4v) is 2.65. The van der Waals surface area contributed by atoms with Crippen LogP contribution in [0.5, 0.6) is 0 Å². The Balaban J connectivity index is 2.37. The Bertz CT molecular complexity index is 576. The Morgan fingerprint density at radius 3 is 2.28 bits per heavy atom. The van der Waals surface area contributed by atoms with E-state index in [1.165, 1.54) is 11.8 Å². The lowest BCUT2D eigenvalue weighted by Crippen LogP contribution is -1.98. The predicted molar refractivity (Wildman–Crippen MR) is 74.4 cm³/mol. The molecule has 3 nitrogen and oxygen atoms in total. The molecule has 0 aromatic carbocycles. The molecule has 0 unspecified atom stereocenters. The van der Waals surface area contributed by atoms with E-state index in [0.717, 1.165) is 32.6 Å². The van der Waals surface area contributed by atoms with Gasteiger partial charge in [-0.15, -0.1) is 0 Å². The van der Waals surface area contributed by atoms with Gasteiger partial charge in [-0.1, -0.05) is 11.6 Å². The fourth-order valence-electron chi connectivity index (χ4n) is 1.48. The van der Waals surface area contributed by atoms with E-state index in [9.17, 15) is 0 Å². The molecule has 0 aliphatic rings. The number of nitrogens with zero attached hydrogens (tertiary/aromatic N) is 3. The smallest absolute Gasteiger partial charge is 0.192 e. The van der Waals surface area contributed by atoms with Crippen LogP contribution in [-0.4, -0.2) is 15.0 Å². The van der Waals surface area contributed by atoms with Gasteiger partial charge in [0.1, 0.15) is 5.15 Å². The molecule has 0 spiro atoms. The standard InChI is InChI=1S/C13H14ClN3S/c1-7-6-15-12(14)5-11(7)18-13-16-9(3)8(2)10(4)17-13/h5-6H,1-4H3. The molecule has 0 aliphatic carbocycles. The summed E-state index contributed by atoms with van der Waals surface area (Å²) >= 11 is 7.42. The van der Waals surface area contributed by atoms with Crippen molar-refractivity contribution in [1.82, 2.24) is 15.0 Å². The highest BCUT2D eigenvalue weighted by atomic mass is 35.5. The first-order valence-corrected chi connectivity index (χ1v) is 6.78. The van der Waals surface area contributed by atoms with Gasteiger partial charge in [-0.05, 0) is 56.7 Å². The van der Waals surface area contributed by atoms with Crippen LogP contribution in [0.3, 0.4) is 0 Å². The molecule has 0 aliphatic heterocycles. The number of hydrogen-bond donors (Lipinski definition) is 0. The van der Waals surface area contributed by atoms with Crippen molar-refractivity contribution in [2.75, 3.05) is 0 Å². The Morgan fingerprint density at radius 1 is 1.06 bits per heavy atom. The van der Waals surface area contributed by atoms with E-state index in [1.54, 1.807) is 6.20 Å². The van der Waals surface area contributed by atoms with Crippen molar-refractivity contribution in [3.8, 4) is 0 Å². The summed E-state index contributed by atoms with van der Waals surface area (Å²) in [6, 6.07) is 1.84. The summed E-state index contributed by atoms with van der Waals surface area (Å²) in [4.78, 5) is 14.1. The van der Waals surface area contributed by atoms with Gasteiger partial charge < -0.3 is 0 Å². The van der Waals surface area contributed by atoms with Gasteiger partial charge in [0.05, 0.1) is 0 Å². The minimum Gasteiger partial charge on any atom is -0.244 e. The summed E-state index contributed by atoms with van der Waals surface area (Å²) in [6.07, 6.45) is 1.76. The van der Waals surface area contributed by atoms with Crippen molar-refractivity contribution in [3.05, 3.63) is 39.9 Å². The largest absolute Gasteiger partial charge is 0.244 e. The van der Waals surface area contributed by atoms with Crippen LogP contribution in [0.15, 0.2) is 22.3 Å². The predicted octanol–water partition coefficient (Wildman–Crippen LogP) is 3.91. The monoisotopic (exact) mass is 279 g/mol. The van der Waals surface area contributed by atoms with Crippen molar-refractivity contribution in [2.24, 2.45) is 0 Å². The third kappa shape index (κ3) is 2.82. The first-order valence-electron chi connectivity index (χ1n) is 5.59. The maximum absolute atomic E-state index is 5.91. The number of pyridine rings is 1. The molecule has 2 heterocycles. The summed E-state index contributed by atoms with van der Waals surface area (Å²) in [6.45, 7) is 8.04. The van der Waals surface area contributed by atoms with Crippen molar-refractivity contribution in [1.29, 1.82) is 0 Å². The first kappa shape index (κ1) is 13.3. The van der Waals surface area contributed by atoms with Gasteiger partial charge >= 0.3 is 0 Å². The van der Waals surface area contributed by atoms with Gasteiger partial charge in [-0.25, -0.2) is 15.0 Å². The SMILES string of the molecule is Cc1cnc(Cl)cc1Sc1nc(C)c(C)c(C)n1. The minimum atomic E-state index is 0.489. The van der Waals surface area contributed by atoms with Crippen molar-refractivity contribution in [3.63, 3.8) is 0 Å². The Hall–Kier alpha value is -1.13. The van der Waals surface area contributed by atoms with Crippen molar-refractivity contribution >= 4 is 23.4 Å². The zero-order valence-electron chi connectivity index (χ0n) is 10.8. The molecule has 0 atom stereocenters. The summed E-state index contributed by atoms with van der Waals surface area (Å²) in [5.74, 6) is 0. The van der Waals surface area contributed by atoms with Crippen LogP contribution in [0, 0.1) is 27.7 Å². The van der Waals surface area contributed by atoms with E-state index in [0.29, 0.717) is 5.15 Å². The van der Waals surface area contributed by atoms with Gasteiger partial charge in [0.15, 0.2) is 5.16 Å². The van der Waals surface area contributed by atoms with Crippen LogP contribution < -0.4 is 0 Å². The van der Waals surface area contributed by atoms with Crippen LogP contribution in [0.25, 0.3) is 0 Å². The molecule has 2 aromatic rings. The Kier molecular flexibility index (Phi) is 3.88. The zero-order valence-corrected chi connectivity index (χ0v) is 12.4. The second-order valence-corrected chi connectivity index (χ2v) is 5.57. The van der Waals surface area contributed by atoms with Gasteiger partial charge in [-0.3, -0.25) is 0 Å². The van der Waals surface area contributed by atoms with E-state index in [2.05, 4.69) is 15.0 Å². The Morgan fingerprint density at radius 2 is 1.67 bits per heavy atom. The average molecular weight is 280 g/mol. The molecule has 94 valence electrons. The molecule has 0 radical (unpaired) electrons. The number of halogens is 1. The van der Waals surface area contributed by atoms with Gasteiger partial charge in [0.2, 0.25) is 0 Å². The molecule has 0 saturated heterocycles. The lowest BCUT2D eigenvalue weighted by molar-refractivity contribution is 0.880. The highest BCUT2D eigenvalue weighted by Gasteiger charge is 2.08. The van der Waals surface area contributed by atoms with Crippen LogP contribution in [-0.2, 0) is 0 Å². The van der Waals surface area contributed by atoms with E-state index < -0.39 is 0 Å². The van der Waals surface area contributed by atoms with Crippen LogP contribution in [0.2, 0.25) is 5.15 Å². The molecule has 0 saturated carbocycles. The molecule has 18 heavy (non-hydrogen) atoms. The molecule has 0 N–H and O–H groups in total. The fraction of sp³-hybridized carbons (Fsp3) is 0.308. The average Bonchev–Trinajstić information content (AvgIpc) is 2.31. The lowest BCUT2D eigenvalue weighted by Gasteiger charge is -2.08. The van der Waals surface area contributed by atoms with Gasteiger partial charge in [-0.2, -0.15) is 0 Å². The lowest BCUT2D eigenvalue weighted by atomic mass is 10.2. The second-order valence-electron chi connectivity index (χ2n) is 4.18. The number of rotatable bonds is 2. The number of aromatic nitrogens is 3. The van der Waals surface area contributed by atoms with E-state index >= 15 is 0 Å². The van der Waals surface area contributed by atoms with Crippen LogP contribution in [0.4, 0.5) is 0 Å². The molecular formula is C13H14ClN3S. The molecule has 2 aromatic heterocycles. The maximum Gasteiger partial charge on any atom is 0.192 e. The summed E-state index contributed by atoms with van der Waals surface area (Å²) in [5.41, 5.74) is 4.25. The molecular weight excluding hydrogens is 266 g/mol. The molecule has 0 amide bonds. The Labute approximate surface area is 116 Å². The highest BCUT2D eigenvalue weighted by Crippen LogP contribution is 2.29. The summed E-state index contributed by atoms with van der Waals surface area (Å²) < 4.78 is 0. The van der Waals surface area contributed by atoms with Gasteiger partial charge in [0, 0.05) is 22.5 Å². The van der Waals surface area contributed by atoms with E-state index in [-0.39, 0.29) is 0 Å². The quantitative estimate of drug-likeness (QED) is 0.617. The molecule has 2 rings (SSSR count). The first-order chi connectivity index (χ1) is 8.47. The molecule has 0 bridgehead atoms. The maximum atomic E-state index is 5.91. The van der Waals surface area contributed by atoms with Gasteiger partial charge in [0.25, 0.3) is 0 Å². The normalized spacial score (nSPS) is 10.7. The zero-order chi connectivity index (χ0) is 13.3. The summed E-state index contributed by atoms with van der Waals surface area (Å²) in [7, 11) is 0. The minimum absolute atomic E-state index is 0.489. The number of aryl methyl sites for hydroxylation is 3. The van der Waals surface area contributed by atoms with Crippen molar-refractivity contribution < 1.29 is 0 Å². The van der Waals surface area contributed by atoms with E-state index in [4.69, 9.17) is 11.6 Å². The summed E-state index contributed by atoms with van der Waals surface area (Å²) in [5, 5.41) is 1.24. The molecule has 5 heteroatoms. The third-order valence-corrected chi connectivity index (χ3v) is 4.07. The van der Waals surface area contributed by atoms with Crippen LogP contribution >= 0.6 is 23.4 Å². The third-order valence-electron chi connectivity index (χ3n) is 2.83. The number of hydrogen-bond acceptors (Lipinski definition) is 4. The van der Waals surface area contributed by atoms with Crippen LogP contribution in [0.1, 0.15) is 22.5 Å². The highest BCUT2D eigenvalue weighted by molar-refractivity contribution is 7.99. The molecule has 0 fully saturated rings. The van der Waals surface area contributed by atoms with E-state index in [1.807, 2.05) is 33.8 Å². The second kappa shape index (κ2) is 5.24.